The largest absolute Gasteiger partial charge is 0.493 e. The molecule has 1 aromatic carbocycles. The SMILES string of the molecule is CCNC(=NCCNC(=O)c1ccco1)NC(C)c1ccc(OCC(C)C)cc1.I. The van der Waals surface area contributed by atoms with Crippen molar-refractivity contribution in [1.29, 1.82) is 0 Å². The molecular formula is C22H33IN4O3. The van der Waals surface area contributed by atoms with Gasteiger partial charge in [-0.3, -0.25) is 9.79 Å². The zero-order valence-electron chi connectivity index (χ0n) is 18.1. The van der Waals surface area contributed by atoms with E-state index in [4.69, 9.17) is 9.15 Å². The summed E-state index contributed by atoms with van der Waals surface area (Å²) < 4.78 is 10.8. The Morgan fingerprint density at radius 2 is 1.87 bits per heavy atom. The van der Waals surface area contributed by atoms with Crippen molar-refractivity contribution < 1.29 is 13.9 Å². The van der Waals surface area contributed by atoms with Crippen LogP contribution in [-0.4, -0.2) is 38.1 Å². The van der Waals surface area contributed by atoms with Crippen molar-refractivity contribution in [2.75, 3.05) is 26.2 Å². The highest BCUT2D eigenvalue weighted by molar-refractivity contribution is 14.0. The number of nitrogens with zero attached hydrogens (tertiary/aromatic N) is 1. The molecule has 0 aliphatic heterocycles. The summed E-state index contributed by atoms with van der Waals surface area (Å²) in [4.78, 5) is 16.4. The second-order valence-electron chi connectivity index (χ2n) is 7.13. The van der Waals surface area contributed by atoms with Crippen molar-refractivity contribution in [3.05, 3.63) is 54.0 Å². The van der Waals surface area contributed by atoms with Crippen LogP contribution in [0.5, 0.6) is 5.75 Å². The smallest absolute Gasteiger partial charge is 0.287 e. The molecule has 1 amide bonds. The van der Waals surface area contributed by atoms with E-state index >= 15 is 0 Å². The van der Waals surface area contributed by atoms with E-state index < -0.39 is 0 Å². The zero-order valence-corrected chi connectivity index (χ0v) is 20.4. The van der Waals surface area contributed by atoms with E-state index in [9.17, 15) is 4.79 Å². The Balaban J connectivity index is 0.00000450. The standard InChI is InChI=1S/C22H32N4O3.HI/c1-5-23-22(25-13-12-24-21(27)20-7-6-14-28-20)26-17(4)18-8-10-19(11-9-18)29-15-16(2)3;/h6-11,14,16-17H,5,12-13,15H2,1-4H3,(H,24,27)(H2,23,25,26);1H. The molecule has 0 aliphatic rings. The lowest BCUT2D eigenvalue weighted by Crippen LogP contribution is -2.39. The molecule has 1 unspecified atom stereocenters. The van der Waals surface area contributed by atoms with Crippen LogP contribution in [0.1, 0.15) is 49.9 Å². The van der Waals surface area contributed by atoms with E-state index in [-0.39, 0.29) is 35.9 Å². The summed E-state index contributed by atoms with van der Waals surface area (Å²) in [6, 6.07) is 11.5. The molecule has 0 spiro atoms. The molecule has 0 fully saturated rings. The van der Waals surface area contributed by atoms with Gasteiger partial charge < -0.3 is 25.1 Å². The van der Waals surface area contributed by atoms with Crippen LogP contribution in [0, 0.1) is 5.92 Å². The van der Waals surface area contributed by atoms with Gasteiger partial charge in [0.15, 0.2) is 11.7 Å². The number of amides is 1. The molecule has 1 aromatic heterocycles. The maximum atomic E-state index is 11.9. The fourth-order valence-corrected chi connectivity index (χ4v) is 2.56. The van der Waals surface area contributed by atoms with Crippen LogP contribution in [0.25, 0.3) is 0 Å². The highest BCUT2D eigenvalue weighted by Crippen LogP contribution is 2.18. The second-order valence-corrected chi connectivity index (χ2v) is 7.13. The molecule has 166 valence electrons. The number of nitrogens with one attached hydrogen (secondary N) is 3. The van der Waals surface area contributed by atoms with Gasteiger partial charge in [-0.15, -0.1) is 24.0 Å². The van der Waals surface area contributed by atoms with E-state index in [1.807, 2.05) is 19.1 Å². The van der Waals surface area contributed by atoms with E-state index in [1.165, 1.54) is 6.26 Å². The average molecular weight is 528 g/mol. The van der Waals surface area contributed by atoms with E-state index in [2.05, 4.69) is 53.8 Å². The molecular weight excluding hydrogens is 495 g/mol. The third-order valence-electron chi connectivity index (χ3n) is 4.07. The summed E-state index contributed by atoms with van der Waals surface area (Å²) in [6.45, 7) is 10.7. The number of benzene rings is 1. The molecule has 0 radical (unpaired) electrons. The van der Waals surface area contributed by atoms with Crippen molar-refractivity contribution in [3.63, 3.8) is 0 Å². The molecule has 7 nitrogen and oxygen atoms in total. The van der Waals surface area contributed by atoms with Gasteiger partial charge in [-0.1, -0.05) is 26.0 Å². The van der Waals surface area contributed by atoms with E-state index in [0.717, 1.165) is 17.9 Å². The first-order chi connectivity index (χ1) is 14.0. The molecule has 2 rings (SSSR count). The van der Waals surface area contributed by atoms with Crippen LogP contribution in [0.15, 0.2) is 52.1 Å². The Kier molecular flexibility index (Phi) is 12.0. The molecule has 0 bridgehead atoms. The first-order valence-electron chi connectivity index (χ1n) is 10.1. The molecule has 2 aromatic rings. The van der Waals surface area contributed by atoms with Crippen LogP contribution in [-0.2, 0) is 0 Å². The van der Waals surface area contributed by atoms with Gasteiger partial charge in [-0.25, -0.2) is 0 Å². The molecule has 3 N–H and O–H groups in total. The number of aliphatic imine (C=N–C) groups is 1. The Morgan fingerprint density at radius 1 is 1.13 bits per heavy atom. The molecule has 0 saturated carbocycles. The van der Waals surface area contributed by atoms with Gasteiger partial charge >= 0.3 is 0 Å². The molecule has 8 heteroatoms. The molecule has 0 saturated heterocycles. The van der Waals surface area contributed by atoms with Gasteiger partial charge in [0.05, 0.1) is 25.5 Å². The average Bonchev–Trinajstić information content (AvgIpc) is 3.25. The van der Waals surface area contributed by atoms with Gasteiger partial charge in [-0.2, -0.15) is 0 Å². The Labute approximate surface area is 196 Å². The van der Waals surface area contributed by atoms with Crippen LogP contribution in [0.2, 0.25) is 0 Å². The molecule has 0 aliphatic carbocycles. The van der Waals surface area contributed by atoms with E-state index in [0.29, 0.717) is 37.3 Å². The van der Waals surface area contributed by atoms with Gasteiger partial charge in [0.1, 0.15) is 5.75 Å². The van der Waals surface area contributed by atoms with E-state index in [1.54, 1.807) is 12.1 Å². The van der Waals surface area contributed by atoms with Crippen LogP contribution in [0.3, 0.4) is 0 Å². The number of hydrogen-bond acceptors (Lipinski definition) is 4. The predicted octanol–water partition coefficient (Wildman–Crippen LogP) is 3.98. The monoisotopic (exact) mass is 528 g/mol. The van der Waals surface area contributed by atoms with Crippen LogP contribution in [0.4, 0.5) is 0 Å². The lowest BCUT2D eigenvalue weighted by Gasteiger charge is -2.19. The van der Waals surface area contributed by atoms with Crippen molar-refractivity contribution in [2.24, 2.45) is 10.9 Å². The zero-order chi connectivity index (χ0) is 21.1. The Hall–Kier alpha value is -2.23. The summed E-state index contributed by atoms with van der Waals surface area (Å²) in [5.74, 6) is 2.14. The number of guanidine groups is 1. The Morgan fingerprint density at radius 3 is 2.47 bits per heavy atom. The number of ether oxygens (including phenoxy) is 1. The lowest BCUT2D eigenvalue weighted by atomic mass is 10.1. The summed E-state index contributed by atoms with van der Waals surface area (Å²) in [5, 5.41) is 9.40. The van der Waals surface area contributed by atoms with Gasteiger partial charge in [0.25, 0.3) is 5.91 Å². The maximum absolute atomic E-state index is 11.9. The predicted molar refractivity (Wildman–Crippen MR) is 131 cm³/mol. The third-order valence-corrected chi connectivity index (χ3v) is 4.07. The topological polar surface area (TPSA) is 87.9 Å². The van der Waals surface area contributed by atoms with Crippen molar-refractivity contribution in [1.82, 2.24) is 16.0 Å². The highest BCUT2D eigenvalue weighted by Gasteiger charge is 2.09. The lowest BCUT2D eigenvalue weighted by molar-refractivity contribution is 0.0927. The van der Waals surface area contributed by atoms with Crippen LogP contribution >= 0.6 is 24.0 Å². The summed E-state index contributed by atoms with van der Waals surface area (Å²) >= 11 is 0. The fourth-order valence-electron chi connectivity index (χ4n) is 2.56. The van der Waals surface area contributed by atoms with Crippen molar-refractivity contribution >= 4 is 35.8 Å². The van der Waals surface area contributed by atoms with Gasteiger partial charge in [-0.05, 0) is 49.6 Å². The number of carbonyl (C=O) groups excluding carboxylic acids is 1. The highest BCUT2D eigenvalue weighted by atomic mass is 127. The number of rotatable bonds is 10. The van der Waals surface area contributed by atoms with Gasteiger partial charge in [0.2, 0.25) is 0 Å². The molecule has 1 heterocycles. The normalized spacial score (nSPS) is 12.1. The number of hydrogen-bond donors (Lipinski definition) is 3. The Bertz CT molecular complexity index is 761. The van der Waals surface area contributed by atoms with Gasteiger partial charge in [0, 0.05) is 13.1 Å². The minimum atomic E-state index is -0.240. The summed E-state index contributed by atoms with van der Waals surface area (Å²) in [7, 11) is 0. The minimum absolute atomic E-state index is 0. The fraction of sp³-hybridized carbons (Fsp3) is 0.455. The first-order valence-corrected chi connectivity index (χ1v) is 10.1. The third kappa shape index (κ3) is 9.06. The quantitative estimate of drug-likeness (QED) is 0.188. The maximum Gasteiger partial charge on any atom is 0.287 e. The first kappa shape index (κ1) is 25.8. The molecule has 30 heavy (non-hydrogen) atoms. The summed E-state index contributed by atoms with van der Waals surface area (Å²) in [6.07, 6.45) is 1.48. The molecule has 1 atom stereocenters. The number of halogens is 1. The summed E-state index contributed by atoms with van der Waals surface area (Å²) in [5.41, 5.74) is 1.14. The van der Waals surface area contributed by atoms with Crippen molar-refractivity contribution in [2.45, 2.75) is 33.7 Å². The van der Waals surface area contributed by atoms with Crippen molar-refractivity contribution in [3.8, 4) is 5.75 Å². The van der Waals surface area contributed by atoms with Crippen LogP contribution < -0.4 is 20.7 Å². The minimum Gasteiger partial charge on any atom is -0.493 e. The number of carbonyl (C=O) groups is 1. The number of furan rings is 1. The second kappa shape index (κ2) is 13.9.